The third-order valence-corrected chi connectivity index (χ3v) is 4.49. The number of nitrogens with one attached hydrogen (secondary N) is 1. The Morgan fingerprint density at radius 3 is 3.10 bits per heavy atom. The van der Waals surface area contributed by atoms with Crippen molar-refractivity contribution in [2.45, 2.75) is 25.8 Å². The van der Waals surface area contributed by atoms with Crippen molar-refractivity contribution in [3.05, 3.63) is 40.0 Å². The van der Waals surface area contributed by atoms with Crippen molar-refractivity contribution in [1.82, 2.24) is 5.43 Å². The molecule has 0 atom stereocenters. The van der Waals surface area contributed by atoms with E-state index in [0.717, 1.165) is 18.5 Å². The highest BCUT2D eigenvalue weighted by molar-refractivity contribution is 7.10. The number of anilines is 1. The van der Waals surface area contributed by atoms with Crippen molar-refractivity contribution in [3.8, 4) is 0 Å². The van der Waals surface area contributed by atoms with Gasteiger partial charge in [0.1, 0.15) is 0 Å². The highest BCUT2D eigenvalue weighted by Crippen LogP contribution is 2.33. The minimum atomic E-state index is -0.497. The van der Waals surface area contributed by atoms with Gasteiger partial charge in [0.15, 0.2) is 5.76 Å². The molecule has 1 aliphatic heterocycles. The van der Waals surface area contributed by atoms with E-state index in [-0.39, 0.29) is 11.7 Å². The zero-order valence-electron chi connectivity index (χ0n) is 11.3. The lowest BCUT2D eigenvalue weighted by atomic mass is 10.2. The molecule has 0 fully saturated rings. The second kappa shape index (κ2) is 5.71. The molecule has 2 amide bonds. The van der Waals surface area contributed by atoms with E-state index in [2.05, 4.69) is 0 Å². The molecule has 3 N–H and O–H groups in total. The van der Waals surface area contributed by atoms with Crippen molar-refractivity contribution >= 4 is 28.8 Å². The number of thiophene rings is 1. The number of furan rings is 1. The Morgan fingerprint density at radius 2 is 2.29 bits per heavy atom. The van der Waals surface area contributed by atoms with Crippen LogP contribution in [0.25, 0.3) is 0 Å². The molecule has 0 spiro atoms. The van der Waals surface area contributed by atoms with Gasteiger partial charge in [-0.05, 0) is 30.4 Å². The van der Waals surface area contributed by atoms with E-state index in [1.165, 1.54) is 11.1 Å². The number of nitrogens with zero attached hydrogens (tertiary/aromatic N) is 1. The zero-order valence-corrected chi connectivity index (χ0v) is 12.1. The molecule has 6 nitrogen and oxygen atoms in total. The molecule has 2 aromatic heterocycles. The average molecular weight is 305 g/mol. The lowest BCUT2D eigenvalue weighted by Gasteiger charge is -2.20. The molecule has 0 radical (unpaired) electrons. The van der Waals surface area contributed by atoms with Crippen LogP contribution in [0.3, 0.4) is 0 Å². The van der Waals surface area contributed by atoms with Gasteiger partial charge in [-0.2, -0.15) is 0 Å². The lowest BCUT2D eigenvalue weighted by Crippen LogP contribution is -2.33. The van der Waals surface area contributed by atoms with Crippen molar-refractivity contribution in [1.29, 1.82) is 0 Å². The quantitative estimate of drug-likeness (QED) is 0.514. The van der Waals surface area contributed by atoms with Crippen LogP contribution in [0.2, 0.25) is 0 Å². The number of carbonyl (C=O) groups excluding carboxylic acids is 2. The number of nitrogens with two attached hydrogens (primary N) is 1. The van der Waals surface area contributed by atoms with E-state index in [9.17, 15) is 9.59 Å². The molecular formula is C14H15N3O3S. The van der Waals surface area contributed by atoms with E-state index in [0.29, 0.717) is 18.5 Å². The summed E-state index contributed by atoms with van der Waals surface area (Å²) in [6.45, 7) is 0.307. The van der Waals surface area contributed by atoms with Gasteiger partial charge in [-0.3, -0.25) is 15.0 Å². The second-order valence-corrected chi connectivity index (χ2v) is 5.81. The summed E-state index contributed by atoms with van der Waals surface area (Å²) in [4.78, 5) is 26.9. The Balaban J connectivity index is 1.92. The Hall–Kier alpha value is -2.12. The molecule has 110 valence electrons. The molecule has 0 aromatic carbocycles. The van der Waals surface area contributed by atoms with E-state index in [1.54, 1.807) is 22.3 Å². The zero-order chi connectivity index (χ0) is 14.8. The second-order valence-electron chi connectivity index (χ2n) is 4.81. The SMILES string of the molecule is NNC(=O)c1occc1CN1C(=O)CCCc2sccc21. The summed E-state index contributed by atoms with van der Waals surface area (Å²) in [5, 5.41) is 1.99. The molecule has 0 unspecified atom stereocenters. The van der Waals surface area contributed by atoms with Gasteiger partial charge in [0.05, 0.1) is 18.5 Å². The van der Waals surface area contributed by atoms with Crippen LogP contribution in [-0.4, -0.2) is 11.8 Å². The third kappa shape index (κ3) is 2.57. The molecule has 2 aromatic rings. The number of hydrogen-bond donors (Lipinski definition) is 2. The Kier molecular flexibility index (Phi) is 3.76. The third-order valence-electron chi connectivity index (χ3n) is 3.52. The van der Waals surface area contributed by atoms with Crippen molar-refractivity contribution in [3.63, 3.8) is 0 Å². The number of hydrogen-bond acceptors (Lipinski definition) is 5. The van der Waals surface area contributed by atoms with Crippen LogP contribution in [0, 0.1) is 0 Å². The van der Waals surface area contributed by atoms with Crippen molar-refractivity contribution < 1.29 is 14.0 Å². The molecule has 3 rings (SSSR count). The van der Waals surface area contributed by atoms with E-state index in [1.807, 2.05) is 16.9 Å². The monoisotopic (exact) mass is 305 g/mol. The fourth-order valence-electron chi connectivity index (χ4n) is 2.50. The fraction of sp³-hybridized carbons (Fsp3) is 0.286. The van der Waals surface area contributed by atoms with Gasteiger partial charge < -0.3 is 9.32 Å². The van der Waals surface area contributed by atoms with Crippen molar-refractivity contribution in [2.75, 3.05) is 4.90 Å². The molecule has 3 heterocycles. The van der Waals surface area contributed by atoms with E-state index >= 15 is 0 Å². The van der Waals surface area contributed by atoms with Crippen LogP contribution in [0.4, 0.5) is 5.69 Å². The van der Waals surface area contributed by atoms with Crippen LogP contribution < -0.4 is 16.2 Å². The maximum Gasteiger partial charge on any atom is 0.301 e. The van der Waals surface area contributed by atoms with Crippen LogP contribution in [0.15, 0.2) is 28.2 Å². The predicted octanol–water partition coefficient (Wildman–Crippen LogP) is 1.81. The minimum Gasteiger partial charge on any atom is -0.459 e. The first-order valence-corrected chi connectivity index (χ1v) is 7.52. The van der Waals surface area contributed by atoms with Gasteiger partial charge in [0, 0.05) is 16.9 Å². The maximum absolute atomic E-state index is 12.3. The van der Waals surface area contributed by atoms with Gasteiger partial charge in [-0.15, -0.1) is 11.3 Å². The number of carbonyl (C=O) groups is 2. The standard InChI is InChI=1S/C14H15N3O3S/c15-16-14(19)13-9(4-6-20-13)8-17-10-5-7-21-11(10)2-1-3-12(17)18/h4-7H,1-3,8,15H2,(H,16,19). The maximum atomic E-state index is 12.3. The number of amides is 2. The van der Waals surface area contributed by atoms with Gasteiger partial charge in [-0.25, -0.2) is 5.84 Å². The molecule has 21 heavy (non-hydrogen) atoms. The average Bonchev–Trinajstić information content (AvgIpc) is 3.10. The number of nitrogen functional groups attached to an aromatic ring is 1. The highest BCUT2D eigenvalue weighted by Gasteiger charge is 2.25. The predicted molar refractivity (Wildman–Crippen MR) is 78.8 cm³/mol. The summed E-state index contributed by atoms with van der Waals surface area (Å²) in [6.07, 6.45) is 3.70. The minimum absolute atomic E-state index is 0.0625. The summed E-state index contributed by atoms with van der Waals surface area (Å²) >= 11 is 1.66. The van der Waals surface area contributed by atoms with Gasteiger partial charge in [-0.1, -0.05) is 0 Å². The number of fused-ring (bicyclic) bond motifs is 1. The normalized spacial score (nSPS) is 14.7. The summed E-state index contributed by atoms with van der Waals surface area (Å²) in [6, 6.07) is 3.64. The summed E-state index contributed by atoms with van der Waals surface area (Å²) in [5.74, 6) is 4.85. The first kappa shape index (κ1) is 13.8. The van der Waals surface area contributed by atoms with Gasteiger partial charge in [0.2, 0.25) is 5.91 Å². The van der Waals surface area contributed by atoms with Crippen molar-refractivity contribution in [2.24, 2.45) is 5.84 Å². The number of hydrazine groups is 1. The Labute approximate surface area is 125 Å². The van der Waals surface area contributed by atoms with Gasteiger partial charge >= 0.3 is 5.91 Å². The largest absolute Gasteiger partial charge is 0.459 e. The van der Waals surface area contributed by atoms with Crippen LogP contribution >= 0.6 is 11.3 Å². The number of rotatable bonds is 3. The summed E-state index contributed by atoms with van der Waals surface area (Å²) < 4.78 is 5.17. The first-order valence-electron chi connectivity index (χ1n) is 6.64. The lowest BCUT2D eigenvalue weighted by molar-refractivity contribution is -0.118. The fourth-order valence-corrected chi connectivity index (χ4v) is 3.42. The van der Waals surface area contributed by atoms with Crippen LogP contribution in [0.5, 0.6) is 0 Å². The topological polar surface area (TPSA) is 88.6 Å². The molecule has 0 aliphatic carbocycles. The van der Waals surface area contributed by atoms with E-state index < -0.39 is 5.91 Å². The Bertz CT molecular complexity index is 677. The smallest absolute Gasteiger partial charge is 0.301 e. The van der Waals surface area contributed by atoms with E-state index in [4.69, 9.17) is 10.3 Å². The highest BCUT2D eigenvalue weighted by atomic mass is 32.1. The summed E-state index contributed by atoms with van der Waals surface area (Å²) in [7, 11) is 0. The summed E-state index contributed by atoms with van der Waals surface area (Å²) in [5.41, 5.74) is 3.63. The molecule has 0 saturated carbocycles. The molecule has 0 saturated heterocycles. The first-order chi connectivity index (χ1) is 10.2. The molecule has 7 heteroatoms. The van der Waals surface area contributed by atoms with Crippen LogP contribution in [-0.2, 0) is 17.8 Å². The molecular weight excluding hydrogens is 290 g/mol. The van der Waals surface area contributed by atoms with Gasteiger partial charge in [0.25, 0.3) is 0 Å². The van der Waals surface area contributed by atoms with Crippen LogP contribution in [0.1, 0.15) is 33.8 Å². The molecule has 1 aliphatic rings. The number of aryl methyl sites for hydroxylation is 1. The molecule has 0 bridgehead atoms. The Morgan fingerprint density at radius 1 is 1.43 bits per heavy atom.